The third-order valence-corrected chi connectivity index (χ3v) is 2.43. The number of carbonyl (C=O) groups is 1. The molecular weight excluding hydrogens is 226 g/mol. The van der Waals surface area contributed by atoms with Crippen LogP contribution < -0.4 is 5.32 Å². The summed E-state index contributed by atoms with van der Waals surface area (Å²) in [6.07, 6.45) is -0.696. The molecule has 0 saturated carbocycles. The number of piperidine rings is 1. The fraction of sp³-hybridized carbons (Fsp3) is 0.889. The van der Waals surface area contributed by atoms with Crippen LogP contribution in [-0.2, 0) is 4.79 Å². The van der Waals surface area contributed by atoms with Gasteiger partial charge in [0.1, 0.15) is 0 Å². The van der Waals surface area contributed by atoms with E-state index in [0.717, 1.165) is 24.3 Å². The first-order valence-electron chi connectivity index (χ1n) is 4.85. The number of hydrogen-bond acceptors (Lipinski definition) is 2. The predicted molar refractivity (Wildman–Crippen MR) is 56.5 cm³/mol. The van der Waals surface area contributed by atoms with Crippen molar-refractivity contribution in [1.29, 1.82) is 0 Å². The van der Waals surface area contributed by atoms with E-state index in [-0.39, 0.29) is 24.2 Å². The molecule has 1 amide bonds. The number of carbonyl (C=O) groups excluding carboxylic acids is 1. The van der Waals surface area contributed by atoms with Gasteiger partial charge in [-0.05, 0) is 19.4 Å². The van der Waals surface area contributed by atoms with Crippen LogP contribution in [-0.4, -0.2) is 43.9 Å². The van der Waals surface area contributed by atoms with Crippen molar-refractivity contribution in [3.63, 3.8) is 0 Å². The fourth-order valence-electron chi connectivity index (χ4n) is 1.67. The van der Waals surface area contributed by atoms with E-state index in [4.69, 9.17) is 0 Å². The summed E-state index contributed by atoms with van der Waals surface area (Å²) in [4.78, 5) is 12.7. The molecule has 0 aromatic rings. The second kappa shape index (κ2) is 6.95. The third kappa shape index (κ3) is 4.75. The Hall–Kier alpha value is -0.420. The molecule has 1 aliphatic rings. The maximum atomic E-state index is 12.0. The second-order valence-corrected chi connectivity index (χ2v) is 3.65. The highest BCUT2D eigenvalue weighted by Crippen LogP contribution is 2.13. The fourth-order valence-corrected chi connectivity index (χ4v) is 1.67. The number of halogens is 3. The van der Waals surface area contributed by atoms with Crippen LogP contribution in [0.1, 0.15) is 12.8 Å². The van der Waals surface area contributed by atoms with E-state index in [0.29, 0.717) is 6.54 Å². The molecule has 1 saturated heterocycles. The zero-order valence-corrected chi connectivity index (χ0v) is 9.53. The van der Waals surface area contributed by atoms with Crippen molar-refractivity contribution >= 4 is 18.3 Å². The van der Waals surface area contributed by atoms with Crippen LogP contribution in [0.25, 0.3) is 0 Å². The summed E-state index contributed by atoms with van der Waals surface area (Å²) in [6.45, 7) is 1.07. The van der Waals surface area contributed by atoms with E-state index in [2.05, 4.69) is 5.32 Å². The number of amides is 1. The zero-order chi connectivity index (χ0) is 10.6. The van der Waals surface area contributed by atoms with Crippen molar-refractivity contribution < 1.29 is 13.6 Å². The van der Waals surface area contributed by atoms with E-state index < -0.39 is 13.0 Å². The van der Waals surface area contributed by atoms with Crippen LogP contribution >= 0.6 is 12.4 Å². The molecule has 0 aromatic heterocycles. The summed E-state index contributed by atoms with van der Waals surface area (Å²) in [5.41, 5.74) is 0. The normalized spacial score (nSPS) is 20.9. The SMILES string of the molecule is CN(CC(F)F)C(=O)[C@@H]1CCCNC1.Cl. The summed E-state index contributed by atoms with van der Waals surface area (Å²) in [6, 6.07) is 0. The Morgan fingerprint density at radius 3 is 2.73 bits per heavy atom. The highest BCUT2D eigenvalue weighted by molar-refractivity contribution is 5.85. The molecule has 6 heteroatoms. The molecule has 0 aliphatic carbocycles. The Morgan fingerprint density at radius 1 is 1.60 bits per heavy atom. The first-order valence-corrected chi connectivity index (χ1v) is 4.85. The van der Waals surface area contributed by atoms with Gasteiger partial charge >= 0.3 is 0 Å². The summed E-state index contributed by atoms with van der Waals surface area (Å²) in [5, 5.41) is 3.09. The van der Waals surface area contributed by atoms with Crippen molar-refractivity contribution in [2.45, 2.75) is 19.3 Å². The number of alkyl halides is 2. The van der Waals surface area contributed by atoms with Gasteiger partial charge in [0, 0.05) is 13.6 Å². The maximum Gasteiger partial charge on any atom is 0.255 e. The highest BCUT2D eigenvalue weighted by Gasteiger charge is 2.25. The molecule has 90 valence electrons. The third-order valence-electron chi connectivity index (χ3n) is 2.43. The van der Waals surface area contributed by atoms with Gasteiger partial charge in [0.15, 0.2) is 0 Å². The van der Waals surface area contributed by atoms with E-state index in [9.17, 15) is 13.6 Å². The Labute approximate surface area is 94.6 Å². The van der Waals surface area contributed by atoms with Crippen LogP contribution in [0.2, 0.25) is 0 Å². The molecule has 1 heterocycles. The minimum Gasteiger partial charge on any atom is -0.340 e. The van der Waals surface area contributed by atoms with Crippen molar-refractivity contribution in [2.24, 2.45) is 5.92 Å². The van der Waals surface area contributed by atoms with Gasteiger partial charge in [0.25, 0.3) is 6.43 Å². The summed E-state index contributed by atoms with van der Waals surface area (Å²) < 4.78 is 24.0. The molecule has 15 heavy (non-hydrogen) atoms. The molecule has 1 rings (SSSR count). The van der Waals surface area contributed by atoms with E-state index in [1.165, 1.54) is 7.05 Å². The smallest absolute Gasteiger partial charge is 0.255 e. The topological polar surface area (TPSA) is 32.3 Å². The highest BCUT2D eigenvalue weighted by atomic mass is 35.5. The Balaban J connectivity index is 0.00000196. The van der Waals surface area contributed by atoms with Crippen molar-refractivity contribution in [3.8, 4) is 0 Å². The zero-order valence-electron chi connectivity index (χ0n) is 8.71. The standard InChI is InChI=1S/C9H16F2N2O.ClH/c1-13(6-8(10)11)9(14)7-3-2-4-12-5-7;/h7-8,12H,2-6H2,1H3;1H/t7-;/m1./s1. The predicted octanol–water partition coefficient (Wildman–Crippen LogP) is 1.13. The van der Waals surface area contributed by atoms with E-state index in [1.807, 2.05) is 0 Å². The summed E-state index contributed by atoms with van der Waals surface area (Å²) in [5.74, 6) is -0.287. The maximum absolute atomic E-state index is 12.0. The van der Waals surface area contributed by atoms with Gasteiger partial charge in [-0.25, -0.2) is 8.78 Å². The molecule has 1 aliphatic heterocycles. The molecular formula is C9H17ClF2N2O. The van der Waals surface area contributed by atoms with Crippen LogP contribution in [0, 0.1) is 5.92 Å². The Kier molecular flexibility index (Phi) is 6.76. The molecule has 0 radical (unpaired) electrons. The minimum atomic E-state index is -2.44. The lowest BCUT2D eigenvalue weighted by molar-refractivity contribution is -0.136. The molecule has 0 bridgehead atoms. The van der Waals surface area contributed by atoms with Gasteiger partial charge in [-0.3, -0.25) is 4.79 Å². The van der Waals surface area contributed by atoms with Gasteiger partial charge in [-0.15, -0.1) is 12.4 Å². The molecule has 3 nitrogen and oxygen atoms in total. The van der Waals surface area contributed by atoms with Crippen LogP contribution in [0.3, 0.4) is 0 Å². The lowest BCUT2D eigenvalue weighted by Crippen LogP contribution is -2.42. The largest absolute Gasteiger partial charge is 0.340 e. The molecule has 1 N–H and O–H groups in total. The van der Waals surface area contributed by atoms with Gasteiger partial charge in [-0.1, -0.05) is 0 Å². The van der Waals surface area contributed by atoms with Gasteiger partial charge in [-0.2, -0.15) is 0 Å². The monoisotopic (exact) mass is 242 g/mol. The Morgan fingerprint density at radius 2 is 2.27 bits per heavy atom. The first-order chi connectivity index (χ1) is 6.61. The number of hydrogen-bond donors (Lipinski definition) is 1. The van der Waals surface area contributed by atoms with Crippen molar-refractivity contribution in [1.82, 2.24) is 10.2 Å². The quantitative estimate of drug-likeness (QED) is 0.805. The van der Waals surface area contributed by atoms with E-state index in [1.54, 1.807) is 0 Å². The molecule has 1 fully saturated rings. The Bertz CT molecular complexity index is 199. The van der Waals surface area contributed by atoms with Crippen molar-refractivity contribution in [3.05, 3.63) is 0 Å². The second-order valence-electron chi connectivity index (χ2n) is 3.65. The van der Waals surface area contributed by atoms with Gasteiger partial charge in [0.05, 0.1) is 12.5 Å². The number of nitrogens with zero attached hydrogens (tertiary/aromatic N) is 1. The lowest BCUT2D eigenvalue weighted by atomic mass is 9.98. The molecule has 0 unspecified atom stereocenters. The number of rotatable bonds is 3. The van der Waals surface area contributed by atoms with E-state index >= 15 is 0 Å². The molecule has 0 spiro atoms. The van der Waals surface area contributed by atoms with Crippen LogP contribution in [0.4, 0.5) is 8.78 Å². The first kappa shape index (κ1) is 14.6. The van der Waals surface area contributed by atoms with Gasteiger partial charge < -0.3 is 10.2 Å². The summed E-state index contributed by atoms with van der Waals surface area (Å²) >= 11 is 0. The molecule has 0 aromatic carbocycles. The van der Waals surface area contributed by atoms with Crippen LogP contribution in [0.15, 0.2) is 0 Å². The summed E-state index contributed by atoms with van der Waals surface area (Å²) in [7, 11) is 1.43. The molecule has 1 atom stereocenters. The van der Waals surface area contributed by atoms with Crippen molar-refractivity contribution in [2.75, 3.05) is 26.7 Å². The van der Waals surface area contributed by atoms with Crippen LogP contribution in [0.5, 0.6) is 0 Å². The lowest BCUT2D eigenvalue weighted by Gasteiger charge is -2.26. The average Bonchev–Trinajstić information content (AvgIpc) is 2.17. The number of nitrogens with one attached hydrogen (secondary N) is 1. The van der Waals surface area contributed by atoms with Gasteiger partial charge in [0.2, 0.25) is 5.91 Å². The minimum absolute atomic E-state index is 0. The average molecular weight is 243 g/mol.